The van der Waals surface area contributed by atoms with E-state index in [1.165, 1.54) is 12.1 Å². The van der Waals surface area contributed by atoms with E-state index in [-0.39, 0.29) is 11.7 Å². The molecule has 2 aromatic heterocycles. The fraction of sp³-hybridized carbons (Fsp3) is 0.0952. The van der Waals surface area contributed by atoms with Crippen LogP contribution in [0, 0.1) is 19.7 Å². The summed E-state index contributed by atoms with van der Waals surface area (Å²) in [5.41, 5.74) is 4.39. The third kappa shape index (κ3) is 3.17. The van der Waals surface area contributed by atoms with Crippen molar-refractivity contribution in [3.8, 4) is 11.4 Å². The summed E-state index contributed by atoms with van der Waals surface area (Å²) >= 11 is 0. The van der Waals surface area contributed by atoms with Gasteiger partial charge in [-0.25, -0.2) is 4.39 Å². The van der Waals surface area contributed by atoms with Crippen molar-refractivity contribution in [2.24, 2.45) is 0 Å². The zero-order chi connectivity index (χ0) is 19.0. The van der Waals surface area contributed by atoms with Gasteiger partial charge in [-0.2, -0.15) is 0 Å². The van der Waals surface area contributed by atoms with E-state index in [0.29, 0.717) is 17.0 Å². The Balaban J connectivity index is 1.73. The first-order valence-electron chi connectivity index (χ1n) is 8.51. The summed E-state index contributed by atoms with van der Waals surface area (Å²) in [6.45, 7) is 3.92. The molecule has 27 heavy (non-hydrogen) atoms. The molecule has 0 aliphatic rings. The van der Waals surface area contributed by atoms with Crippen LogP contribution in [0.1, 0.15) is 21.5 Å². The normalized spacial score (nSPS) is 10.9. The van der Waals surface area contributed by atoms with Gasteiger partial charge in [0.15, 0.2) is 11.5 Å². The number of aromatic nitrogens is 3. The number of nitrogens with zero attached hydrogens (tertiary/aromatic N) is 3. The van der Waals surface area contributed by atoms with E-state index in [4.69, 9.17) is 0 Å². The summed E-state index contributed by atoms with van der Waals surface area (Å²) in [5, 5.41) is 11.3. The van der Waals surface area contributed by atoms with Gasteiger partial charge >= 0.3 is 0 Å². The number of nitrogens with one attached hydrogen (secondary N) is 1. The van der Waals surface area contributed by atoms with Crippen LogP contribution >= 0.6 is 0 Å². The molecule has 2 aromatic carbocycles. The maximum Gasteiger partial charge on any atom is 0.259 e. The summed E-state index contributed by atoms with van der Waals surface area (Å²) < 4.78 is 14.9. The zero-order valence-corrected chi connectivity index (χ0v) is 14.9. The summed E-state index contributed by atoms with van der Waals surface area (Å²) in [5.74, 6) is -0.0279. The summed E-state index contributed by atoms with van der Waals surface area (Å²) in [6, 6.07) is 15.4. The van der Waals surface area contributed by atoms with E-state index >= 15 is 0 Å². The number of amides is 1. The molecule has 0 spiro atoms. The van der Waals surface area contributed by atoms with Gasteiger partial charge in [-0.1, -0.05) is 12.1 Å². The molecular weight excluding hydrogens is 343 g/mol. The highest BCUT2D eigenvalue weighted by Gasteiger charge is 2.16. The minimum Gasteiger partial charge on any atom is -0.322 e. The number of rotatable bonds is 3. The van der Waals surface area contributed by atoms with Crippen LogP contribution in [0.3, 0.4) is 0 Å². The number of anilines is 1. The minimum atomic E-state index is -0.318. The maximum atomic E-state index is 13.2. The first kappa shape index (κ1) is 16.9. The van der Waals surface area contributed by atoms with Crippen LogP contribution in [0.25, 0.3) is 17.0 Å². The molecule has 0 aliphatic carbocycles. The zero-order valence-electron chi connectivity index (χ0n) is 14.9. The second-order valence-electron chi connectivity index (χ2n) is 6.42. The van der Waals surface area contributed by atoms with Gasteiger partial charge in [0.25, 0.3) is 5.91 Å². The highest BCUT2D eigenvalue weighted by atomic mass is 19.1. The van der Waals surface area contributed by atoms with Gasteiger partial charge in [0.1, 0.15) is 5.82 Å². The molecule has 134 valence electrons. The van der Waals surface area contributed by atoms with Gasteiger partial charge in [0.2, 0.25) is 0 Å². The van der Waals surface area contributed by atoms with Gasteiger partial charge < -0.3 is 5.32 Å². The number of halogens is 1. The van der Waals surface area contributed by atoms with Gasteiger partial charge in [0, 0.05) is 17.4 Å². The van der Waals surface area contributed by atoms with Gasteiger partial charge in [0.05, 0.1) is 5.56 Å². The molecule has 2 heterocycles. The third-order valence-electron chi connectivity index (χ3n) is 4.42. The summed E-state index contributed by atoms with van der Waals surface area (Å²) in [6.07, 6.45) is 1.78. The molecule has 4 aromatic rings. The van der Waals surface area contributed by atoms with Crippen LogP contribution in [0.4, 0.5) is 10.1 Å². The van der Waals surface area contributed by atoms with Crippen LogP contribution in [-0.2, 0) is 0 Å². The minimum absolute atomic E-state index is 0.257. The van der Waals surface area contributed by atoms with E-state index < -0.39 is 0 Å². The molecule has 1 amide bonds. The molecule has 6 heteroatoms. The molecule has 1 N–H and O–H groups in total. The van der Waals surface area contributed by atoms with Gasteiger partial charge in [-0.3, -0.25) is 9.20 Å². The SMILES string of the molecule is Cc1ccc(C)c(NC(=O)c2cccn3c(-c4ccc(F)cc4)nnc23)c1. The van der Waals surface area contributed by atoms with Crippen LogP contribution in [0.15, 0.2) is 60.8 Å². The Morgan fingerprint density at radius 2 is 1.81 bits per heavy atom. The monoisotopic (exact) mass is 360 g/mol. The molecule has 5 nitrogen and oxygen atoms in total. The summed E-state index contributed by atoms with van der Waals surface area (Å²) in [4.78, 5) is 12.8. The Bertz CT molecular complexity index is 1150. The van der Waals surface area contributed by atoms with Crippen LogP contribution < -0.4 is 5.32 Å². The molecule has 0 radical (unpaired) electrons. The fourth-order valence-electron chi connectivity index (χ4n) is 2.95. The Kier molecular flexibility index (Phi) is 4.16. The summed E-state index contributed by atoms with van der Waals surface area (Å²) in [7, 11) is 0. The Hall–Kier alpha value is -3.54. The first-order valence-corrected chi connectivity index (χ1v) is 8.51. The van der Waals surface area contributed by atoms with E-state index in [2.05, 4.69) is 15.5 Å². The maximum absolute atomic E-state index is 13.2. The number of benzene rings is 2. The topological polar surface area (TPSA) is 59.3 Å². The quantitative estimate of drug-likeness (QED) is 0.589. The van der Waals surface area contributed by atoms with E-state index in [1.807, 2.05) is 32.0 Å². The molecule has 0 aliphatic heterocycles. The third-order valence-corrected chi connectivity index (χ3v) is 4.42. The second-order valence-corrected chi connectivity index (χ2v) is 6.42. The number of pyridine rings is 1. The molecule has 0 fully saturated rings. The van der Waals surface area contributed by atoms with Crippen LogP contribution in [0.5, 0.6) is 0 Å². The average molecular weight is 360 g/mol. The molecule has 0 saturated carbocycles. The highest BCUT2D eigenvalue weighted by molar-refractivity contribution is 6.08. The number of carbonyl (C=O) groups is 1. The lowest BCUT2D eigenvalue weighted by Crippen LogP contribution is -2.14. The predicted molar refractivity (Wildman–Crippen MR) is 102 cm³/mol. The average Bonchev–Trinajstić information content (AvgIpc) is 3.09. The number of fused-ring (bicyclic) bond motifs is 1. The largest absolute Gasteiger partial charge is 0.322 e. The van der Waals surface area contributed by atoms with E-state index in [1.54, 1.807) is 34.9 Å². The first-order chi connectivity index (χ1) is 13.0. The number of aryl methyl sites for hydroxylation is 2. The van der Waals surface area contributed by atoms with Crippen LogP contribution in [-0.4, -0.2) is 20.5 Å². The van der Waals surface area contributed by atoms with Crippen molar-refractivity contribution in [1.29, 1.82) is 0 Å². The number of hydrogen-bond acceptors (Lipinski definition) is 3. The van der Waals surface area contributed by atoms with Crippen molar-refractivity contribution >= 4 is 17.2 Å². The lowest BCUT2D eigenvalue weighted by molar-refractivity contribution is 0.102. The number of carbonyl (C=O) groups excluding carboxylic acids is 1. The standard InChI is InChI=1S/C21H17FN4O/c1-13-5-6-14(2)18(12-13)23-21(27)17-4-3-11-26-19(24-25-20(17)26)15-7-9-16(22)10-8-15/h3-12H,1-2H3,(H,23,27). The van der Waals surface area contributed by atoms with Crippen molar-refractivity contribution in [3.63, 3.8) is 0 Å². The fourth-order valence-corrected chi connectivity index (χ4v) is 2.95. The lowest BCUT2D eigenvalue weighted by Gasteiger charge is -2.10. The second kappa shape index (κ2) is 6.64. The van der Waals surface area contributed by atoms with Crippen LogP contribution in [0.2, 0.25) is 0 Å². The molecule has 0 unspecified atom stereocenters. The molecule has 0 bridgehead atoms. The van der Waals surface area contributed by atoms with Crippen molar-refractivity contribution in [3.05, 3.63) is 83.3 Å². The number of hydrogen-bond donors (Lipinski definition) is 1. The molecule has 0 atom stereocenters. The molecule has 4 rings (SSSR count). The van der Waals surface area contributed by atoms with Crippen molar-refractivity contribution in [2.45, 2.75) is 13.8 Å². The molecular formula is C21H17FN4O. The van der Waals surface area contributed by atoms with Crippen molar-refractivity contribution in [1.82, 2.24) is 14.6 Å². The van der Waals surface area contributed by atoms with Gasteiger partial charge in [-0.15, -0.1) is 10.2 Å². The predicted octanol–water partition coefficient (Wildman–Crippen LogP) is 4.40. The molecule has 0 saturated heterocycles. The van der Waals surface area contributed by atoms with Crippen molar-refractivity contribution in [2.75, 3.05) is 5.32 Å². The Morgan fingerprint density at radius 1 is 1.04 bits per heavy atom. The highest BCUT2D eigenvalue weighted by Crippen LogP contribution is 2.22. The van der Waals surface area contributed by atoms with E-state index in [0.717, 1.165) is 22.4 Å². The lowest BCUT2D eigenvalue weighted by atomic mass is 10.1. The van der Waals surface area contributed by atoms with Crippen molar-refractivity contribution < 1.29 is 9.18 Å². The smallest absolute Gasteiger partial charge is 0.259 e. The Morgan fingerprint density at radius 3 is 2.59 bits per heavy atom. The van der Waals surface area contributed by atoms with E-state index in [9.17, 15) is 9.18 Å². The van der Waals surface area contributed by atoms with Gasteiger partial charge in [-0.05, 0) is 67.4 Å². The Labute approximate surface area is 155 Å².